The molecule has 0 saturated heterocycles. The van der Waals surface area contributed by atoms with E-state index in [1.54, 1.807) is 11.9 Å². The Bertz CT molecular complexity index is 262. The van der Waals surface area contributed by atoms with Crippen molar-refractivity contribution in [2.45, 2.75) is 38.5 Å². The highest BCUT2D eigenvalue weighted by Gasteiger charge is 2.16. The third kappa shape index (κ3) is 5.56. The van der Waals surface area contributed by atoms with Gasteiger partial charge in [-0.3, -0.25) is 4.79 Å². The minimum atomic E-state index is -0.815. The summed E-state index contributed by atoms with van der Waals surface area (Å²) in [6.07, 6.45) is 5.58. The highest BCUT2D eigenvalue weighted by atomic mass is 16.4. The normalized spacial score (nSPS) is 15.8. The first-order chi connectivity index (χ1) is 8.09. The molecule has 1 rings (SSSR count). The number of hydrogen-bond donors (Lipinski definition) is 2. The highest BCUT2D eigenvalue weighted by molar-refractivity contribution is 5.73. The van der Waals surface area contributed by atoms with Gasteiger partial charge in [-0.15, -0.1) is 0 Å². The summed E-state index contributed by atoms with van der Waals surface area (Å²) in [5.74, 6) is -0.184. The van der Waals surface area contributed by atoms with Gasteiger partial charge in [0.05, 0.1) is 0 Å². The second kappa shape index (κ2) is 7.14. The van der Waals surface area contributed by atoms with Crippen molar-refractivity contribution < 1.29 is 14.7 Å². The van der Waals surface area contributed by atoms with E-state index in [0.717, 1.165) is 6.54 Å². The van der Waals surface area contributed by atoms with E-state index in [2.05, 4.69) is 5.32 Å². The number of rotatable bonds is 6. The minimum Gasteiger partial charge on any atom is -0.481 e. The average molecular weight is 242 g/mol. The Morgan fingerprint density at radius 2 is 2.00 bits per heavy atom. The Morgan fingerprint density at radius 1 is 1.35 bits per heavy atom. The molecule has 2 N–H and O–H groups in total. The van der Waals surface area contributed by atoms with Gasteiger partial charge in [0, 0.05) is 26.6 Å². The number of nitrogens with one attached hydrogen (secondary N) is 1. The molecule has 0 aromatic heterocycles. The third-order valence-corrected chi connectivity index (χ3v) is 3.25. The van der Waals surface area contributed by atoms with Crippen LogP contribution < -0.4 is 5.32 Å². The van der Waals surface area contributed by atoms with Gasteiger partial charge in [-0.1, -0.05) is 12.8 Å². The van der Waals surface area contributed by atoms with Crippen molar-refractivity contribution >= 4 is 12.0 Å². The number of carboxylic acid groups (broad SMARTS) is 1. The maximum Gasteiger partial charge on any atom is 0.317 e. The zero-order chi connectivity index (χ0) is 12.7. The van der Waals surface area contributed by atoms with E-state index in [9.17, 15) is 9.59 Å². The Morgan fingerprint density at radius 3 is 2.59 bits per heavy atom. The number of carbonyl (C=O) groups excluding carboxylic acids is 1. The van der Waals surface area contributed by atoms with Gasteiger partial charge in [-0.05, 0) is 25.2 Å². The van der Waals surface area contributed by atoms with E-state index in [1.165, 1.54) is 25.7 Å². The summed E-state index contributed by atoms with van der Waals surface area (Å²) < 4.78 is 0. The molecule has 1 saturated carbocycles. The molecule has 17 heavy (non-hydrogen) atoms. The van der Waals surface area contributed by atoms with Crippen LogP contribution in [-0.2, 0) is 4.79 Å². The fraction of sp³-hybridized carbons (Fsp3) is 0.833. The van der Waals surface area contributed by atoms with Crippen molar-refractivity contribution in [2.24, 2.45) is 5.92 Å². The van der Waals surface area contributed by atoms with Gasteiger partial charge < -0.3 is 15.3 Å². The molecule has 0 radical (unpaired) electrons. The van der Waals surface area contributed by atoms with Gasteiger partial charge in [-0.25, -0.2) is 4.79 Å². The lowest BCUT2D eigenvalue weighted by molar-refractivity contribution is -0.137. The molecular formula is C12H22N2O3. The van der Waals surface area contributed by atoms with Gasteiger partial charge in [-0.2, -0.15) is 0 Å². The molecule has 0 atom stereocenters. The van der Waals surface area contributed by atoms with E-state index in [4.69, 9.17) is 5.11 Å². The van der Waals surface area contributed by atoms with E-state index in [-0.39, 0.29) is 12.5 Å². The summed E-state index contributed by atoms with van der Waals surface area (Å²) in [5, 5.41) is 11.4. The maximum atomic E-state index is 11.6. The molecule has 98 valence electrons. The molecule has 0 heterocycles. The lowest BCUT2D eigenvalue weighted by atomic mass is 10.1. The van der Waals surface area contributed by atoms with Crippen LogP contribution in [0.15, 0.2) is 0 Å². The first kappa shape index (κ1) is 13.8. The summed E-state index contributed by atoms with van der Waals surface area (Å²) in [6.45, 7) is 1.24. The molecule has 0 unspecified atom stereocenters. The number of nitrogens with zero attached hydrogens (tertiary/aromatic N) is 1. The summed E-state index contributed by atoms with van der Waals surface area (Å²) in [5.41, 5.74) is 0. The molecule has 1 aliphatic carbocycles. The van der Waals surface area contributed by atoms with Crippen LogP contribution in [0.5, 0.6) is 0 Å². The first-order valence-electron chi connectivity index (χ1n) is 6.30. The number of carbonyl (C=O) groups is 2. The molecule has 0 aromatic carbocycles. The first-order valence-corrected chi connectivity index (χ1v) is 6.30. The van der Waals surface area contributed by atoms with E-state index in [0.29, 0.717) is 18.9 Å². The molecule has 5 nitrogen and oxygen atoms in total. The van der Waals surface area contributed by atoms with Gasteiger partial charge in [0.15, 0.2) is 0 Å². The minimum absolute atomic E-state index is 0.0951. The van der Waals surface area contributed by atoms with Crippen LogP contribution in [-0.4, -0.2) is 42.1 Å². The standard InChI is InChI=1S/C12H22N2O3/c1-14(8-4-7-11(15)16)12(17)13-9-10-5-2-3-6-10/h10H,2-9H2,1H3,(H,13,17)(H,15,16). The summed E-state index contributed by atoms with van der Waals surface area (Å²) in [7, 11) is 1.70. The van der Waals surface area contributed by atoms with Crippen molar-refractivity contribution in [1.29, 1.82) is 0 Å². The fourth-order valence-corrected chi connectivity index (χ4v) is 2.15. The highest BCUT2D eigenvalue weighted by Crippen LogP contribution is 2.23. The van der Waals surface area contributed by atoms with E-state index in [1.807, 2.05) is 0 Å². The Labute approximate surface area is 102 Å². The van der Waals surface area contributed by atoms with Gasteiger partial charge in [0.1, 0.15) is 0 Å². The molecule has 1 fully saturated rings. The van der Waals surface area contributed by atoms with Crippen molar-refractivity contribution in [3.8, 4) is 0 Å². The summed E-state index contributed by atoms with van der Waals surface area (Å²) >= 11 is 0. The molecule has 0 spiro atoms. The molecule has 0 aliphatic heterocycles. The Kier molecular flexibility index (Phi) is 5.80. The van der Waals surface area contributed by atoms with Gasteiger partial charge >= 0.3 is 12.0 Å². The molecule has 1 aliphatic rings. The van der Waals surface area contributed by atoms with Crippen LogP contribution >= 0.6 is 0 Å². The van der Waals surface area contributed by atoms with Crippen LogP contribution in [0.4, 0.5) is 4.79 Å². The zero-order valence-corrected chi connectivity index (χ0v) is 10.4. The largest absolute Gasteiger partial charge is 0.481 e. The number of carboxylic acids is 1. The number of aliphatic carboxylic acids is 1. The lowest BCUT2D eigenvalue weighted by Gasteiger charge is -2.19. The van der Waals surface area contributed by atoms with Gasteiger partial charge in [0.2, 0.25) is 0 Å². The van der Waals surface area contributed by atoms with Crippen molar-refractivity contribution in [1.82, 2.24) is 10.2 Å². The third-order valence-electron chi connectivity index (χ3n) is 3.25. The maximum absolute atomic E-state index is 11.6. The predicted octanol–water partition coefficient (Wildman–Crippen LogP) is 1.68. The number of hydrogen-bond acceptors (Lipinski definition) is 2. The van der Waals surface area contributed by atoms with E-state index < -0.39 is 5.97 Å². The van der Waals surface area contributed by atoms with Crippen LogP contribution in [0.2, 0.25) is 0 Å². The smallest absolute Gasteiger partial charge is 0.317 e. The summed E-state index contributed by atoms with van der Waals surface area (Å²) in [6, 6.07) is -0.0951. The lowest BCUT2D eigenvalue weighted by Crippen LogP contribution is -2.39. The monoisotopic (exact) mass is 242 g/mol. The predicted molar refractivity (Wildman–Crippen MR) is 64.9 cm³/mol. The molecular weight excluding hydrogens is 220 g/mol. The average Bonchev–Trinajstić information content (AvgIpc) is 2.78. The number of urea groups is 1. The Hall–Kier alpha value is -1.26. The zero-order valence-electron chi connectivity index (χ0n) is 10.4. The second-order valence-electron chi connectivity index (χ2n) is 4.76. The SMILES string of the molecule is CN(CCCC(=O)O)C(=O)NCC1CCCC1. The van der Waals surface area contributed by atoms with Gasteiger partial charge in [0.25, 0.3) is 0 Å². The Balaban J connectivity index is 2.10. The molecule has 0 bridgehead atoms. The molecule has 0 aromatic rings. The fourth-order valence-electron chi connectivity index (χ4n) is 2.15. The van der Waals surface area contributed by atoms with Crippen molar-refractivity contribution in [3.05, 3.63) is 0 Å². The van der Waals surface area contributed by atoms with Crippen molar-refractivity contribution in [2.75, 3.05) is 20.1 Å². The number of amides is 2. The second-order valence-corrected chi connectivity index (χ2v) is 4.76. The van der Waals surface area contributed by atoms with E-state index >= 15 is 0 Å². The molecule has 2 amide bonds. The van der Waals surface area contributed by atoms with Crippen LogP contribution in [0, 0.1) is 5.92 Å². The van der Waals surface area contributed by atoms with Crippen LogP contribution in [0.1, 0.15) is 38.5 Å². The van der Waals surface area contributed by atoms with Crippen LogP contribution in [0.25, 0.3) is 0 Å². The topological polar surface area (TPSA) is 69.6 Å². The quantitative estimate of drug-likeness (QED) is 0.744. The van der Waals surface area contributed by atoms with Crippen LogP contribution in [0.3, 0.4) is 0 Å². The van der Waals surface area contributed by atoms with Crippen molar-refractivity contribution in [3.63, 3.8) is 0 Å². The summed E-state index contributed by atoms with van der Waals surface area (Å²) in [4.78, 5) is 23.5. The molecule has 5 heteroatoms.